The SMILES string of the molecule is CC(=O)Oc1ccc2c3c1OC1C(N(C)C(=O)/C=C/c4ccccc4)CC[C@@]4(OC(C)=O)[C@@H](C2)N(CC2CC2)CC[C@]314. The minimum absolute atomic E-state index is 0.0137. The molecule has 2 bridgehead atoms. The van der Waals surface area contributed by atoms with E-state index in [0.717, 1.165) is 42.6 Å². The molecule has 0 N–H and O–H groups in total. The van der Waals surface area contributed by atoms with Crippen molar-refractivity contribution < 1.29 is 28.6 Å². The minimum atomic E-state index is -0.802. The van der Waals surface area contributed by atoms with Gasteiger partial charge in [0.1, 0.15) is 11.7 Å². The predicted octanol–water partition coefficient (Wildman–Crippen LogP) is 4.29. The van der Waals surface area contributed by atoms with Crippen molar-refractivity contribution in [2.75, 3.05) is 20.1 Å². The first-order valence-corrected chi connectivity index (χ1v) is 15.2. The zero-order chi connectivity index (χ0) is 29.2. The summed E-state index contributed by atoms with van der Waals surface area (Å²) in [6, 6.07) is 13.4. The molecule has 2 aliphatic heterocycles. The monoisotopic (exact) mass is 570 g/mol. The maximum Gasteiger partial charge on any atom is 0.308 e. The number of carbonyl (C=O) groups is 3. The van der Waals surface area contributed by atoms with Gasteiger partial charge in [-0.1, -0.05) is 36.4 Å². The van der Waals surface area contributed by atoms with Crippen LogP contribution >= 0.6 is 0 Å². The van der Waals surface area contributed by atoms with Crippen LogP contribution < -0.4 is 9.47 Å². The summed E-state index contributed by atoms with van der Waals surface area (Å²) in [6.45, 7) is 4.75. The molecular formula is C34H38N2O6. The molecule has 0 radical (unpaired) electrons. The highest BCUT2D eigenvalue weighted by Gasteiger charge is 2.75. The van der Waals surface area contributed by atoms with E-state index >= 15 is 0 Å². The highest BCUT2D eigenvalue weighted by atomic mass is 16.6. The number of piperidine rings is 1. The van der Waals surface area contributed by atoms with E-state index in [0.29, 0.717) is 30.3 Å². The van der Waals surface area contributed by atoms with E-state index in [1.807, 2.05) is 49.5 Å². The average molecular weight is 571 g/mol. The van der Waals surface area contributed by atoms with Crippen LogP contribution in [0, 0.1) is 5.92 Å². The largest absolute Gasteiger partial charge is 0.483 e. The average Bonchev–Trinajstić information content (AvgIpc) is 3.71. The fraction of sp³-hybridized carbons (Fsp3) is 0.500. The number of amides is 1. The summed E-state index contributed by atoms with van der Waals surface area (Å²) in [5, 5.41) is 0. The Kier molecular flexibility index (Phi) is 6.46. The fourth-order valence-corrected chi connectivity index (χ4v) is 8.52. The number of likely N-dealkylation sites (tertiary alicyclic amines) is 1. The maximum atomic E-state index is 13.6. The Bertz CT molecular complexity index is 1470. The minimum Gasteiger partial charge on any atom is -0.483 e. The third kappa shape index (κ3) is 4.09. The second-order valence-electron chi connectivity index (χ2n) is 12.7. The Morgan fingerprint density at radius 1 is 1.05 bits per heavy atom. The lowest BCUT2D eigenvalue weighted by molar-refractivity contribution is -0.223. The van der Waals surface area contributed by atoms with Gasteiger partial charge >= 0.3 is 11.9 Å². The molecule has 2 saturated carbocycles. The lowest BCUT2D eigenvalue weighted by Crippen LogP contribution is -2.79. The van der Waals surface area contributed by atoms with Crippen LogP contribution in [-0.2, 0) is 31.0 Å². The first-order valence-electron chi connectivity index (χ1n) is 15.2. The summed E-state index contributed by atoms with van der Waals surface area (Å²) in [7, 11) is 1.83. The van der Waals surface area contributed by atoms with Gasteiger partial charge in [-0.2, -0.15) is 0 Å². The number of benzene rings is 2. The smallest absolute Gasteiger partial charge is 0.308 e. The van der Waals surface area contributed by atoms with Crippen molar-refractivity contribution >= 4 is 23.9 Å². The van der Waals surface area contributed by atoms with Crippen LogP contribution in [0.2, 0.25) is 0 Å². The number of esters is 2. The van der Waals surface area contributed by atoms with E-state index in [-0.39, 0.29) is 24.0 Å². The Morgan fingerprint density at radius 3 is 2.55 bits per heavy atom. The molecule has 5 aliphatic rings. The quantitative estimate of drug-likeness (QED) is 0.279. The molecule has 220 valence electrons. The molecule has 8 nitrogen and oxygen atoms in total. The number of hydrogen-bond donors (Lipinski definition) is 0. The summed E-state index contributed by atoms with van der Waals surface area (Å²) < 4.78 is 19.1. The van der Waals surface area contributed by atoms with Crippen molar-refractivity contribution in [1.82, 2.24) is 9.80 Å². The normalized spacial score (nSPS) is 30.8. The molecule has 3 fully saturated rings. The summed E-state index contributed by atoms with van der Waals surface area (Å²) in [6.07, 6.45) is 8.20. The zero-order valence-corrected chi connectivity index (χ0v) is 24.5. The first kappa shape index (κ1) is 27.2. The van der Waals surface area contributed by atoms with Crippen molar-refractivity contribution in [2.24, 2.45) is 5.92 Å². The van der Waals surface area contributed by atoms with Gasteiger partial charge in [0.25, 0.3) is 0 Å². The number of likely N-dealkylation sites (N-methyl/N-ethyl adjacent to an activating group) is 1. The second-order valence-corrected chi connectivity index (χ2v) is 12.7. The molecule has 1 spiro atoms. The Hall–Kier alpha value is -3.65. The molecule has 0 aromatic heterocycles. The third-order valence-electron chi connectivity index (χ3n) is 10.3. The summed E-state index contributed by atoms with van der Waals surface area (Å²) in [5.41, 5.74) is 1.64. The lowest BCUT2D eigenvalue weighted by atomic mass is 9.48. The summed E-state index contributed by atoms with van der Waals surface area (Å²) in [4.78, 5) is 42.9. The number of ether oxygens (including phenoxy) is 3. The van der Waals surface area contributed by atoms with Crippen LogP contribution in [0.4, 0.5) is 0 Å². The fourth-order valence-electron chi connectivity index (χ4n) is 8.52. The molecule has 8 heteroatoms. The van der Waals surface area contributed by atoms with Crippen LogP contribution in [0.5, 0.6) is 11.5 Å². The van der Waals surface area contributed by atoms with Crippen molar-refractivity contribution in [1.29, 1.82) is 0 Å². The summed E-state index contributed by atoms with van der Waals surface area (Å²) in [5.74, 6) is 0.815. The maximum absolute atomic E-state index is 13.6. The van der Waals surface area contributed by atoms with Gasteiger partial charge in [0.15, 0.2) is 11.5 Å². The van der Waals surface area contributed by atoms with E-state index in [2.05, 4.69) is 11.0 Å². The van der Waals surface area contributed by atoms with E-state index in [4.69, 9.17) is 14.2 Å². The topological polar surface area (TPSA) is 85.4 Å². The Labute approximate surface area is 246 Å². The molecule has 2 unspecified atom stereocenters. The standard InChI is InChI=1S/C34H38N2O6/c1-21(37)40-27-13-12-25-19-28-34(42-22(2)38)16-15-26(35(3)29(39)14-11-23-7-5-4-6-8-23)32-33(34,30(25)31(27)41-32)17-18-36(28)20-24-9-10-24/h4-8,11-14,24,26,28,32H,9-10,15-20H2,1-3H3/b14-11+/t26?,28-,32?,33+,34-/m1/s1. The van der Waals surface area contributed by atoms with Crippen LogP contribution in [0.3, 0.4) is 0 Å². The van der Waals surface area contributed by atoms with Crippen LogP contribution in [0.15, 0.2) is 48.5 Å². The van der Waals surface area contributed by atoms with Gasteiger partial charge in [0.05, 0.1) is 17.5 Å². The van der Waals surface area contributed by atoms with Gasteiger partial charge in [-0.3, -0.25) is 19.3 Å². The van der Waals surface area contributed by atoms with E-state index in [9.17, 15) is 14.4 Å². The van der Waals surface area contributed by atoms with Crippen LogP contribution in [-0.4, -0.2) is 71.6 Å². The summed E-state index contributed by atoms with van der Waals surface area (Å²) >= 11 is 0. The molecular weight excluding hydrogens is 532 g/mol. The zero-order valence-electron chi connectivity index (χ0n) is 24.5. The Morgan fingerprint density at radius 2 is 1.83 bits per heavy atom. The molecule has 2 aromatic carbocycles. The van der Waals surface area contributed by atoms with Crippen molar-refractivity contribution in [3.05, 3.63) is 65.2 Å². The third-order valence-corrected chi connectivity index (χ3v) is 10.3. The molecule has 3 aliphatic carbocycles. The Balaban J connectivity index is 1.33. The van der Waals surface area contributed by atoms with Gasteiger partial charge in [0.2, 0.25) is 5.91 Å². The highest BCUT2D eigenvalue weighted by Crippen LogP contribution is 2.67. The molecule has 1 saturated heterocycles. The number of nitrogens with zero attached hydrogens (tertiary/aromatic N) is 2. The van der Waals surface area contributed by atoms with E-state index < -0.39 is 23.1 Å². The number of rotatable bonds is 7. The molecule has 2 heterocycles. The first-order chi connectivity index (χ1) is 20.2. The number of carbonyl (C=O) groups excluding carboxylic acids is 3. The highest BCUT2D eigenvalue weighted by molar-refractivity contribution is 5.92. The van der Waals surface area contributed by atoms with Crippen molar-refractivity contribution in [2.45, 2.75) is 81.6 Å². The molecule has 1 amide bonds. The van der Waals surface area contributed by atoms with Gasteiger partial charge in [-0.25, -0.2) is 0 Å². The van der Waals surface area contributed by atoms with Gasteiger partial charge < -0.3 is 19.1 Å². The van der Waals surface area contributed by atoms with Crippen molar-refractivity contribution in [3.8, 4) is 11.5 Å². The number of hydrogen-bond acceptors (Lipinski definition) is 7. The van der Waals surface area contributed by atoms with Gasteiger partial charge in [-0.05, 0) is 74.3 Å². The van der Waals surface area contributed by atoms with Crippen molar-refractivity contribution in [3.63, 3.8) is 0 Å². The predicted molar refractivity (Wildman–Crippen MR) is 156 cm³/mol. The second kappa shape index (κ2) is 9.97. The van der Waals surface area contributed by atoms with E-state index in [1.54, 1.807) is 11.0 Å². The lowest BCUT2D eigenvalue weighted by Gasteiger charge is -2.65. The van der Waals surface area contributed by atoms with Crippen LogP contribution in [0.25, 0.3) is 6.08 Å². The van der Waals surface area contributed by atoms with Gasteiger partial charge in [0, 0.05) is 39.1 Å². The van der Waals surface area contributed by atoms with E-state index in [1.165, 1.54) is 26.7 Å². The molecule has 7 rings (SSSR count). The van der Waals surface area contributed by atoms with Crippen LogP contribution in [0.1, 0.15) is 62.6 Å². The van der Waals surface area contributed by atoms with Gasteiger partial charge in [-0.15, -0.1) is 0 Å². The molecule has 42 heavy (non-hydrogen) atoms. The molecule has 2 aromatic rings. The molecule has 5 atom stereocenters.